The van der Waals surface area contributed by atoms with E-state index in [2.05, 4.69) is 45.0 Å². The number of benzene rings is 2. The van der Waals surface area contributed by atoms with Gasteiger partial charge in [0.2, 0.25) is 9.76 Å². The van der Waals surface area contributed by atoms with E-state index >= 15 is 0 Å². The molecule has 0 aliphatic heterocycles. The zero-order valence-corrected chi connectivity index (χ0v) is 39.0. The fourth-order valence-electron chi connectivity index (χ4n) is 5.53. The third-order valence-electron chi connectivity index (χ3n) is 7.99. The van der Waals surface area contributed by atoms with Crippen LogP contribution >= 0.6 is 7.82 Å². The highest BCUT2D eigenvalue weighted by Crippen LogP contribution is 2.56. The molecule has 0 aliphatic rings. The van der Waals surface area contributed by atoms with Gasteiger partial charge in [-0.15, -0.1) is 0 Å². The normalized spacial score (nSPS) is 13.8. The van der Waals surface area contributed by atoms with E-state index in [9.17, 15) is 14.5 Å². The van der Waals surface area contributed by atoms with Crippen LogP contribution in [0.4, 0.5) is 4.79 Å². The Hall–Kier alpha value is -2.24. The molecule has 0 fully saturated rings. The number of phosphoric ester groups is 1. The summed E-state index contributed by atoms with van der Waals surface area (Å²) < 4.78 is 50.4. The summed E-state index contributed by atoms with van der Waals surface area (Å²) in [6.07, 6.45) is 5.28. The minimum absolute atomic E-state index is 0.0183. The Morgan fingerprint density at radius 1 is 0.750 bits per heavy atom. The highest BCUT2D eigenvalue weighted by Gasteiger charge is 2.41. The molecule has 318 valence electrons. The summed E-state index contributed by atoms with van der Waals surface area (Å²) in [7, 11) is -4.03. The molecule has 56 heavy (non-hydrogen) atoms. The van der Waals surface area contributed by atoms with Crippen LogP contribution in [-0.4, -0.2) is 69.0 Å². The molecule has 12 heteroatoms. The van der Waals surface area contributed by atoms with Crippen molar-refractivity contribution in [1.29, 1.82) is 0 Å². The summed E-state index contributed by atoms with van der Waals surface area (Å²) >= 11 is 0. The van der Waals surface area contributed by atoms with Gasteiger partial charge in [-0.05, 0) is 137 Å². The maximum atomic E-state index is 14.2. The second kappa shape index (κ2) is 21.7. The van der Waals surface area contributed by atoms with Crippen LogP contribution in [0.5, 0.6) is 5.75 Å². The number of carbonyl (C=O) groups excluding carboxylic acids is 1. The standard InChI is InChI=1S/C44H74NO9PSi/c1-40(2,3)50-39(47)45(29-21-15-16-22-30-49-31-23-20-26-34-24-18-17-19-25-34)33-37(46)35-27-28-38(36(32-35)44(13,14)54-56-43(10,11)12)51-55(48,52-41(4,5)6)53-42(7,8)9/h17-19,24-25,27-28,32,37,46H,15-16,20-23,26,29-31,33H2,1-14H3/t37-/m0/s1. The average molecular weight is 820 g/mol. The van der Waals surface area contributed by atoms with Crippen LogP contribution in [0.15, 0.2) is 48.5 Å². The lowest BCUT2D eigenvalue weighted by Crippen LogP contribution is -2.39. The number of hydrogen-bond donors (Lipinski definition) is 1. The van der Waals surface area contributed by atoms with E-state index in [1.165, 1.54) is 5.56 Å². The van der Waals surface area contributed by atoms with Crippen LogP contribution in [-0.2, 0) is 39.5 Å². The number of nitrogens with zero attached hydrogens (tertiary/aromatic N) is 1. The molecule has 0 heterocycles. The number of hydrogen-bond acceptors (Lipinski definition) is 9. The van der Waals surface area contributed by atoms with Crippen LogP contribution in [0.3, 0.4) is 0 Å². The monoisotopic (exact) mass is 819 g/mol. The number of amides is 1. The molecule has 0 saturated carbocycles. The van der Waals surface area contributed by atoms with Crippen LogP contribution in [0.1, 0.15) is 158 Å². The van der Waals surface area contributed by atoms with Crippen LogP contribution in [0.25, 0.3) is 0 Å². The van der Waals surface area contributed by atoms with Gasteiger partial charge >= 0.3 is 13.9 Å². The third kappa shape index (κ3) is 21.0. The van der Waals surface area contributed by atoms with E-state index in [4.69, 9.17) is 27.5 Å². The summed E-state index contributed by atoms with van der Waals surface area (Å²) in [4.78, 5) is 15.0. The molecule has 2 rings (SSSR count). The van der Waals surface area contributed by atoms with Crippen molar-refractivity contribution in [1.82, 2.24) is 4.90 Å². The number of rotatable bonds is 22. The van der Waals surface area contributed by atoms with Gasteiger partial charge in [0, 0.05) is 25.3 Å². The van der Waals surface area contributed by atoms with Crippen molar-refractivity contribution in [3.8, 4) is 5.75 Å². The van der Waals surface area contributed by atoms with Crippen LogP contribution in [0, 0.1) is 0 Å². The Balaban J connectivity index is 2.19. The van der Waals surface area contributed by atoms with Crippen molar-refractivity contribution in [3.05, 3.63) is 65.2 Å². The van der Waals surface area contributed by atoms with Gasteiger partial charge in [0.25, 0.3) is 0 Å². The van der Waals surface area contributed by atoms with Gasteiger partial charge in [-0.3, -0.25) is 9.05 Å². The van der Waals surface area contributed by atoms with Crippen molar-refractivity contribution in [2.24, 2.45) is 0 Å². The van der Waals surface area contributed by atoms with Crippen LogP contribution < -0.4 is 4.52 Å². The molecule has 1 amide bonds. The summed E-state index contributed by atoms with van der Waals surface area (Å²) in [5.41, 5.74) is -0.832. The molecule has 0 spiro atoms. The number of aliphatic hydroxyl groups excluding tert-OH is 1. The Labute approximate surface area is 342 Å². The SMILES string of the molecule is CC(C)(C)OC(=O)N(CCCCCCOCCCCc1ccccc1)C[C@H](O)c1ccc(OP(=O)(OC(C)(C)C)OC(C)(C)C)c(C(C)(C)O[Si]C(C)(C)C)c1. The van der Waals surface area contributed by atoms with Gasteiger partial charge < -0.3 is 28.4 Å². The summed E-state index contributed by atoms with van der Waals surface area (Å²) in [5.74, 6) is 0.252. The molecule has 0 aliphatic carbocycles. The second-order valence-electron chi connectivity index (χ2n) is 19.1. The van der Waals surface area contributed by atoms with E-state index in [0.29, 0.717) is 17.7 Å². The molecule has 0 saturated heterocycles. The number of carbonyl (C=O) groups is 1. The van der Waals surface area contributed by atoms with Crippen LogP contribution in [0.2, 0.25) is 5.04 Å². The first kappa shape index (κ1) is 49.9. The van der Waals surface area contributed by atoms with Gasteiger partial charge in [0.05, 0.1) is 29.5 Å². The summed E-state index contributed by atoms with van der Waals surface area (Å²) in [5, 5.41) is 11.6. The second-order valence-corrected chi connectivity index (χ2v) is 22.4. The molecular weight excluding hydrogens is 746 g/mol. The first-order chi connectivity index (χ1) is 25.7. The van der Waals surface area contributed by atoms with E-state index in [0.717, 1.165) is 58.2 Å². The maximum absolute atomic E-state index is 14.2. The Bertz CT molecular complexity index is 1490. The fourth-order valence-corrected chi connectivity index (χ4v) is 8.05. The van der Waals surface area contributed by atoms with Gasteiger partial charge in [0.15, 0.2) is 0 Å². The van der Waals surface area contributed by atoms with Crippen molar-refractivity contribution in [2.75, 3.05) is 26.3 Å². The molecule has 1 atom stereocenters. The predicted octanol–water partition coefficient (Wildman–Crippen LogP) is 11.8. The minimum Gasteiger partial charge on any atom is -0.444 e. The molecular formula is C44H74NO9PSi. The molecule has 0 bridgehead atoms. The number of aryl methyl sites for hydroxylation is 1. The van der Waals surface area contributed by atoms with Gasteiger partial charge in [-0.2, -0.15) is 0 Å². The fraction of sp³-hybridized carbons (Fsp3) is 0.705. The maximum Gasteiger partial charge on any atom is 0.531 e. The zero-order chi connectivity index (χ0) is 42.4. The smallest absolute Gasteiger partial charge is 0.444 e. The van der Waals surface area contributed by atoms with Gasteiger partial charge in [-0.1, -0.05) is 70.0 Å². The van der Waals surface area contributed by atoms with E-state index in [1.54, 1.807) is 64.6 Å². The average Bonchev–Trinajstić information content (AvgIpc) is 3.03. The molecule has 1 N–H and O–H groups in total. The minimum atomic E-state index is -4.16. The lowest BCUT2D eigenvalue weighted by Gasteiger charge is -2.34. The lowest BCUT2D eigenvalue weighted by atomic mass is 9.94. The van der Waals surface area contributed by atoms with Crippen molar-refractivity contribution >= 4 is 23.7 Å². The highest BCUT2D eigenvalue weighted by atomic mass is 31.2. The highest BCUT2D eigenvalue weighted by molar-refractivity contribution is 7.49. The molecule has 2 aromatic rings. The topological polar surface area (TPSA) is 113 Å². The zero-order valence-electron chi connectivity index (χ0n) is 37.1. The summed E-state index contributed by atoms with van der Waals surface area (Å²) in [6, 6.07) is 15.7. The molecule has 0 aromatic heterocycles. The molecule has 2 aromatic carbocycles. The van der Waals surface area contributed by atoms with Gasteiger partial charge in [0.1, 0.15) is 11.4 Å². The molecule has 2 radical (unpaired) electrons. The third-order valence-corrected chi connectivity index (χ3v) is 11.2. The Kier molecular flexibility index (Phi) is 19.3. The Morgan fingerprint density at radius 3 is 1.88 bits per heavy atom. The first-order valence-corrected chi connectivity index (χ1v) is 22.6. The number of unbranched alkanes of at least 4 members (excludes halogenated alkanes) is 4. The first-order valence-electron chi connectivity index (χ1n) is 20.3. The lowest BCUT2D eigenvalue weighted by molar-refractivity contribution is 0.0135. The van der Waals surface area contributed by atoms with Crippen molar-refractivity contribution < 1.29 is 41.9 Å². The number of aliphatic hydroxyl groups is 1. The van der Waals surface area contributed by atoms with Crippen molar-refractivity contribution in [2.45, 2.75) is 175 Å². The van der Waals surface area contributed by atoms with Crippen molar-refractivity contribution in [3.63, 3.8) is 0 Å². The predicted molar refractivity (Wildman–Crippen MR) is 227 cm³/mol. The van der Waals surface area contributed by atoms with E-state index < -0.39 is 42.4 Å². The number of phosphoric acid groups is 1. The molecule has 10 nitrogen and oxygen atoms in total. The summed E-state index contributed by atoms with van der Waals surface area (Å²) in [6.45, 7) is 28.2. The van der Waals surface area contributed by atoms with E-state index in [1.807, 2.05) is 40.7 Å². The van der Waals surface area contributed by atoms with E-state index in [-0.39, 0.29) is 27.1 Å². The molecule has 0 unspecified atom stereocenters. The Morgan fingerprint density at radius 2 is 1.32 bits per heavy atom. The largest absolute Gasteiger partial charge is 0.531 e. The van der Waals surface area contributed by atoms with Gasteiger partial charge in [-0.25, -0.2) is 9.36 Å². The number of ether oxygens (including phenoxy) is 2. The quantitative estimate of drug-likeness (QED) is 0.0704.